The van der Waals surface area contributed by atoms with Crippen LogP contribution in [0.25, 0.3) is 0 Å². The quantitative estimate of drug-likeness (QED) is 0.606. The maximum Gasteiger partial charge on any atom is 0.165 e. The molecule has 0 aliphatic heterocycles. The number of hydrogen-bond donors (Lipinski definition) is 1. The number of halogens is 1. The molecule has 0 saturated carbocycles. The minimum Gasteiger partial charge on any atom is -0.490 e. The van der Waals surface area contributed by atoms with Crippen LogP contribution in [0.3, 0.4) is 0 Å². The van der Waals surface area contributed by atoms with Gasteiger partial charge in [-0.05, 0) is 24.6 Å². The van der Waals surface area contributed by atoms with Gasteiger partial charge in [-0.3, -0.25) is 0 Å². The van der Waals surface area contributed by atoms with E-state index in [2.05, 4.69) is 11.8 Å². The molecule has 0 amide bonds. The maximum absolute atomic E-state index is 13.3. The molecule has 0 aliphatic carbocycles. The molecule has 0 atom stereocenters. The number of nitrogens with two attached hydrogens (primary N) is 1. The Kier molecular flexibility index (Phi) is 4.65. The molecular formula is C12H14FNO. The summed E-state index contributed by atoms with van der Waals surface area (Å²) < 4.78 is 18.5. The molecule has 0 spiro atoms. The van der Waals surface area contributed by atoms with Crippen LogP contribution in [0.15, 0.2) is 18.2 Å². The number of ether oxygens (including phenoxy) is 1. The SMILES string of the molecule is CC#CCCOc1ccc(CN)cc1F. The third-order valence-electron chi connectivity index (χ3n) is 1.89. The Hall–Kier alpha value is -1.53. The van der Waals surface area contributed by atoms with Gasteiger partial charge in [0.15, 0.2) is 11.6 Å². The molecule has 3 heteroatoms. The summed E-state index contributed by atoms with van der Waals surface area (Å²) in [5.41, 5.74) is 6.14. The average molecular weight is 207 g/mol. The first-order chi connectivity index (χ1) is 7.27. The smallest absolute Gasteiger partial charge is 0.165 e. The monoisotopic (exact) mass is 207 g/mol. The second-order valence-corrected chi connectivity index (χ2v) is 2.99. The Bertz CT molecular complexity index is 379. The Morgan fingerprint density at radius 1 is 1.47 bits per heavy atom. The average Bonchev–Trinajstić information content (AvgIpc) is 2.26. The predicted molar refractivity (Wildman–Crippen MR) is 57.9 cm³/mol. The third-order valence-corrected chi connectivity index (χ3v) is 1.89. The molecule has 0 aliphatic rings. The zero-order chi connectivity index (χ0) is 11.1. The molecular weight excluding hydrogens is 193 g/mol. The highest BCUT2D eigenvalue weighted by molar-refractivity contribution is 5.29. The van der Waals surface area contributed by atoms with E-state index in [9.17, 15) is 4.39 Å². The van der Waals surface area contributed by atoms with Gasteiger partial charge in [-0.15, -0.1) is 11.8 Å². The van der Waals surface area contributed by atoms with Gasteiger partial charge in [0, 0.05) is 13.0 Å². The molecule has 2 N–H and O–H groups in total. The molecule has 2 nitrogen and oxygen atoms in total. The van der Waals surface area contributed by atoms with Crippen LogP contribution in [-0.2, 0) is 6.54 Å². The second kappa shape index (κ2) is 6.05. The molecule has 1 aromatic rings. The molecule has 0 radical (unpaired) electrons. The molecule has 1 rings (SSSR count). The highest BCUT2D eigenvalue weighted by atomic mass is 19.1. The van der Waals surface area contributed by atoms with Gasteiger partial charge < -0.3 is 10.5 Å². The lowest BCUT2D eigenvalue weighted by Crippen LogP contribution is -2.01. The van der Waals surface area contributed by atoms with E-state index < -0.39 is 0 Å². The van der Waals surface area contributed by atoms with Gasteiger partial charge in [0.25, 0.3) is 0 Å². The van der Waals surface area contributed by atoms with E-state index in [0.29, 0.717) is 19.6 Å². The fraction of sp³-hybridized carbons (Fsp3) is 0.333. The van der Waals surface area contributed by atoms with Crippen molar-refractivity contribution in [1.82, 2.24) is 0 Å². The van der Waals surface area contributed by atoms with Crippen LogP contribution in [-0.4, -0.2) is 6.61 Å². The molecule has 1 aromatic carbocycles. The summed E-state index contributed by atoms with van der Waals surface area (Å²) in [5.74, 6) is 5.47. The van der Waals surface area contributed by atoms with E-state index in [1.807, 2.05) is 0 Å². The zero-order valence-electron chi connectivity index (χ0n) is 8.72. The number of benzene rings is 1. The first-order valence-electron chi connectivity index (χ1n) is 4.79. The van der Waals surface area contributed by atoms with Crippen LogP contribution >= 0.6 is 0 Å². The van der Waals surface area contributed by atoms with Crippen LogP contribution in [0, 0.1) is 17.7 Å². The molecule has 0 heterocycles. The summed E-state index contributed by atoms with van der Waals surface area (Å²) in [5, 5.41) is 0. The van der Waals surface area contributed by atoms with Crippen LogP contribution in [0.4, 0.5) is 4.39 Å². The fourth-order valence-electron chi connectivity index (χ4n) is 1.13. The first kappa shape index (κ1) is 11.5. The largest absolute Gasteiger partial charge is 0.490 e. The van der Waals surface area contributed by atoms with Gasteiger partial charge in [0.05, 0.1) is 6.61 Å². The van der Waals surface area contributed by atoms with Crippen molar-refractivity contribution in [3.05, 3.63) is 29.6 Å². The van der Waals surface area contributed by atoms with Crippen molar-refractivity contribution in [1.29, 1.82) is 0 Å². The fourth-order valence-corrected chi connectivity index (χ4v) is 1.13. The number of rotatable bonds is 4. The van der Waals surface area contributed by atoms with Gasteiger partial charge >= 0.3 is 0 Å². The lowest BCUT2D eigenvalue weighted by atomic mass is 10.2. The summed E-state index contributed by atoms with van der Waals surface area (Å²) in [4.78, 5) is 0. The molecule has 0 bridgehead atoms. The Labute approximate surface area is 89.2 Å². The van der Waals surface area contributed by atoms with Gasteiger partial charge in [0.1, 0.15) is 0 Å². The van der Waals surface area contributed by atoms with Gasteiger partial charge in [0.2, 0.25) is 0 Å². The molecule has 80 valence electrons. The molecule has 0 unspecified atom stereocenters. The van der Waals surface area contributed by atoms with E-state index in [1.165, 1.54) is 6.07 Å². The van der Waals surface area contributed by atoms with Crippen LogP contribution < -0.4 is 10.5 Å². The zero-order valence-corrected chi connectivity index (χ0v) is 8.72. The van der Waals surface area contributed by atoms with Crippen molar-refractivity contribution in [3.63, 3.8) is 0 Å². The molecule has 15 heavy (non-hydrogen) atoms. The first-order valence-corrected chi connectivity index (χ1v) is 4.79. The summed E-state index contributed by atoms with van der Waals surface area (Å²) in [6.07, 6.45) is 0.606. The minimum absolute atomic E-state index is 0.255. The van der Waals surface area contributed by atoms with Crippen LogP contribution in [0.2, 0.25) is 0 Å². The van der Waals surface area contributed by atoms with Gasteiger partial charge in [-0.2, -0.15) is 0 Å². The normalized spacial score (nSPS) is 9.27. The Balaban J connectivity index is 2.56. The van der Waals surface area contributed by atoms with Crippen molar-refractivity contribution in [3.8, 4) is 17.6 Å². The number of hydrogen-bond acceptors (Lipinski definition) is 2. The molecule has 0 saturated heterocycles. The van der Waals surface area contributed by atoms with Crippen molar-refractivity contribution >= 4 is 0 Å². The van der Waals surface area contributed by atoms with Crippen LogP contribution in [0.5, 0.6) is 5.75 Å². The maximum atomic E-state index is 13.3. The summed E-state index contributed by atoms with van der Waals surface area (Å²) in [6.45, 7) is 2.49. The Morgan fingerprint density at radius 3 is 2.87 bits per heavy atom. The van der Waals surface area contributed by atoms with Crippen molar-refractivity contribution in [2.75, 3.05) is 6.61 Å². The van der Waals surface area contributed by atoms with Crippen molar-refractivity contribution in [2.45, 2.75) is 19.9 Å². The van der Waals surface area contributed by atoms with Gasteiger partial charge in [-0.25, -0.2) is 4.39 Å². The Morgan fingerprint density at radius 2 is 2.27 bits per heavy atom. The summed E-state index contributed by atoms with van der Waals surface area (Å²) >= 11 is 0. The third kappa shape index (κ3) is 3.61. The van der Waals surface area contributed by atoms with E-state index in [-0.39, 0.29) is 11.6 Å². The lowest BCUT2D eigenvalue weighted by Gasteiger charge is -2.06. The standard InChI is InChI=1S/C12H14FNO/c1-2-3-4-7-15-12-6-5-10(9-14)8-11(12)13/h5-6,8H,4,7,9,14H2,1H3. The lowest BCUT2D eigenvalue weighted by molar-refractivity contribution is 0.310. The van der Waals surface area contributed by atoms with Gasteiger partial charge in [-0.1, -0.05) is 6.07 Å². The molecule has 0 fully saturated rings. The molecule has 0 aromatic heterocycles. The van der Waals surface area contributed by atoms with Crippen molar-refractivity contribution < 1.29 is 9.13 Å². The minimum atomic E-state index is -0.373. The van der Waals surface area contributed by atoms with Crippen molar-refractivity contribution in [2.24, 2.45) is 5.73 Å². The van der Waals surface area contributed by atoms with E-state index >= 15 is 0 Å². The second-order valence-electron chi connectivity index (χ2n) is 2.99. The summed E-state index contributed by atoms with van der Waals surface area (Å²) in [6, 6.07) is 4.74. The topological polar surface area (TPSA) is 35.2 Å². The predicted octanol–water partition coefficient (Wildman–Crippen LogP) is 2.08. The highest BCUT2D eigenvalue weighted by Crippen LogP contribution is 2.18. The summed E-state index contributed by atoms with van der Waals surface area (Å²) in [7, 11) is 0. The van der Waals surface area contributed by atoms with Crippen LogP contribution in [0.1, 0.15) is 18.9 Å². The van der Waals surface area contributed by atoms with E-state index in [4.69, 9.17) is 10.5 Å². The van der Waals surface area contributed by atoms with E-state index in [0.717, 1.165) is 5.56 Å². The highest BCUT2D eigenvalue weighted by Gasteiger charge is 2.03. The van der Waals surface area contributed by atoms with E-state index in [1.54, 1.807) is 19.1 Å².